The highest BCUT2D eigenvalue weighted by Crippen LogP contribution is 2.31. The second-order valence-electron chi connectivity index (χ2n) is 8.23. The van der Waals surface area contributed by atoms with E-state index in [1.165, 1.54) is 11.1 Å². The standard InChI is InChI=1S/C27H29N3O5/c1-3-5-16-35-25(31)18-10-12-19(13-11-18)28-27(33)30-15-14-21-20-8-6-7-9-23(20)29-24(21)22(17-30)26(32)34-4-2/h6-13,17,29H,3-5,14-16H2,1-2H3,(H,28,33). The zero-order chi connectivity index (χ0) is 24.8. The quantitative estimate of drug-likeness (QED) is 0.365. The fourth-order valence-corrected chi connectivity index (χ4v) is 4.01. The molecule has 2 aromatic carbocycles. The number of amides is 2. The maximum Gasteiger partial charge on any atom is 0.341 e. The third-order valence-electron chi connectivity index (χ3n) is 5.83. The number of nitrogens with one attached hydrogen (secondary N) is 2. The van der Waals surface area contributed by atoms with Crippen LogP contribution in [-0.2, 0) is 20.7 Å². The Bertz CT molecular complexity index is 1260. The summed E-state index contributed by atoms with van der Waals surface area (Å²) in [6.45, 7) is 4.76. The first-order chi connectivity index (χ1) is 17.0. The Morgan fingerprint density at radius 3 is 2.51 bits per heavy atom. The minimum Gasteiger partial charge on any atom is -0.462 e. The molecule has 4 rings (SSSR count). The van der Waals surface area contributed by atoms with E-state index in [0.717, 1.165) is 29.3 Å². The molecule has 2 N–H and O–H groups in total. The number of carbonyl (C=O) groups is 3. The zero-order valence-corrected chi connectivity index (χ0v) is 19.9. The van der Waals surface area contributed by atoms with Crippen molar-refractivity contribution in [1.29, 1.82) is 0 Å². The minimum atomic E-state index is -0.494. The number of carbonyl (C=O) groups excluding carboxylic acids is 3. The van der Waals surface area contributed by atoms with E-state index in [0.29, 0.717) is 42.1 Å². The van der Waals surface area contributed by atoms with Gasteiger partial charge in [-0.3, -0.25) is 4.90 Å². The van der Waals surface area contributed by atoms with E-state index in [-0.39, 0.29) is 18.6 Å². The van der Waals surface area contributed by atoms with Gasteiger partial charge in [0.15, 0.2) is 0 Å². The molecule has 1 aliphatic heterocycles. The fraction of sp³-hybridized carbons (Fsp3) is 0.296. The van der Waals surface area contributed by atoms with Crippen molar-refractivity contribution in [3.8, 4) is 0 Å². The molecule has 0 radical (unpaired) electrons. The highest BCUT2D eigenvalue weighted by Gasteiger charge is 2.27. The second-order valence-corrected chi connectivity index (χ2v) is 8.23. The van der Waals surface area contributed by atoms with Crippen LogP contribution in [0.25, 0.3) is 16.5 Å². The molecule has 0 spiro atoms. The Morgan fingerprint density at radius 1 is 1.00 bits per heavy atom. The van der Waals surface area contributed by atoms with Crippen LogP contribution in [0.2, 0.25) is 0 Å². The number of anilines is 1. The molecule has 0 saturated carbocycles. The van der Waals surface area contributed by atoms with E-state index in [4.69, 9.17) is 9.47 Å². The van der Waals surface area contributed by atoms with Crippen LogP contribution in [0.3, 0.4) is 0 Å². The SMILES string of the molecule is CCCCOC(=O)c1ccc(NC(=O)N2C=C(C(=O)OCC)c3[nH]c4ccccc4c3CC2)cc1. The average Bonchev–Trinajstić information content (AvgIpc) is 3.11. The Morgan fingerprint density at radius 2 is 1.77 bits per heavy atom. The molecule has 0 bridgehead atoms. The average molecular weight is 476 g/mol. The van der Waals surface area contributed by atoms with Gasteiger partial charge < -0.3 is 19.8 Å². The lowest BCUT2D eigenvalue weighted by molar-refractivity contribution is -0.136. The molecule has 182 valence electrons. The number of benzene rings is 2. The van der Waals surface area contributed by atoms with Gasteiger partial charge in [0.05, 0.1) is 30.0 Å². The number of esters is 2. The molecule has 8 heteroatoms. The first-order valence-electron chi connectivity index (χ1n) is 11.9. The van der Waals surface area contributed by atoms with Crippen molar-refractivity contribution in [3.63, 3.8) is 0 Å². The first-order valence-corrected chi connectivity index (χ1v) is 11.9. The Balaban J connectivity index is 1.53. The summed E-state index contributed by atoms with van der Waals surface area (Å²) in [6.07, 6.45) is 3.86. The fourth-order valence-electron chi connectivity index (χ4n) is 4.01. The lowest BCUT2D eigenvalue weighted by atomic mass is 10.0. The Hall–Kier alpha value is -4.07. The molecular formula is C27H29N3O5. The minimum absolute atomic E-state index is 0.227. The van der Waals surface area contributed by atoms with Gasteiger partial charge in [-0.2, -0.15) is 0 Å². The van der Waals surface area contributed by atoms with Crippen LogP contribution in [0.5, 0.6) is 0 Å². The normalized spacial score (nSPS) is 13.0. The highest BCUT2D eigenvalue weighted by molar-refractivity contribution is 6.18. The number of H-pyrrole nitrogens is 1. The van der Waals surface area contributed by atoms with Gasteiger partial charge in [0.25, 0.3) is 0 Å². The largest absolute Gasteiger partial charge is 0.462 e. The van der Waals surface area contributed by atoms with Gasteiger partial charge in [-0.25, -0.2) is 14.4 Å². The summed E-state index contributed by atoms with van der Waals surface area (Å²) in [5.41, 5.74) is 3.82. The molecule has 0 unspecified atom stereocenters. The van der Waals surface area contributed by atoms with Gasteiger partial charge in [-0.1, -0.05) is 31.5 Å². The number of para-hydroxylation sites is 1. The maximum atomic E-state index is 13.1. The highest BCUT2D eigenvalue weighted by atomic mass is 16.5. The molecule has 1 aromatic heterocycles. The number of aromatic nitrogens is 1. The van der Waals surface area contributed by atoms with Crippen LogP contribution in [-0.4, -0.2) is 47.6 Å². The van der Waals surface area contributed by atoms with Gasteiger partial charge in [0.1, 0.15) is 0 Å². The van der Waals surface area contributed by atoms with Gasteiger partial charge in [-0.05, 0) is 55.7 Å². The molecule has 3 aromatic rings. The third kappa shape index (κ3) is 5.37. The van der Waals surface area contributed by atoms with Crippen LogP contribution >= 0.6 is 0 Å². The topological polar surface area (TPSA) is 101 Å². The zero-order valence-electron chi connectivity index (χ0n) is 19.9. The van der Waals surface area contributed by atoms with Crippen molar-refractivity contribution in [3.05, 3.63) is 71.6 Å². The molecule has 0 saturated heterocycles. The summed E-state index contributed by atoms with van der Waals surface area (Å²) in [5, 5.41) is 3.85. The van der Waals surface area contributed by atoms with Crippen LogP contribution in [0.4, 0.5) is 10.5 Å². The van der Waals surface area contributed by atoms with Crippen molar-refractivity contribution in [1.82, 2.24) is 9.88 Å². The summed E-state index contributed by atoms with van der Waals surface area (Å²) >= 11 is 0. The molecule has 2 heterocycles. The number of nitrogens with zero attached hydrogens (tertiary/aromatic N) is 1. The smallest absolute Gasteiger partial charge is 0.341 e. The first kappa shape index (κ1) is 24.1. The summed E-state index contributed by atoms with van der Waals surface area (Å²) in [5.74, 6) is -0.884. The van der Waals surface area contributed by atoms with Crippen LogP contribution in [0, 0.1) is 0 Å². The van der Waals surface area contributed by atoms with Gasteiger partial charge >= 0.3 is 18.0 Å². The van der Waals surface area contributed by atoms with E-state index in [9.17, 15) is 14.4 Å². The van der Waals surface area contributed by atoms with E-state index in [2.05, 4.69) is 10.3 Å². The van der Waals surface area contributed by atoms with Crippen molar-refractivity contribution < 1.29 is 23.9 Å². The molecule has 0 atom stereocenters. The lowest BCUT2D eigenvalue weighted by Gasteiger charge is -2.18. The van der Waals surface area contributed by atoms with E-state index >= 15 is 0 Å². The number of hydrogen-bond acceptors (Lipinski definition) is 5. The Labute approximate surface area is 203 Å². The van der Waals surface area contributed by atoms with Crippen molar-refractivity contribution in [2.24, 2.45) is 0 Å². The van der Waals surface area contributed by atoms with Gasteiger partial charge in [-0.15, -0.1) is 0 Å². The summed E-state index contributed by atoms with van der Waals surface area (Å²) in [7, 11) is 0. The number of rotatable bonds is 7. The van der Waals surface area contributed by atoms with Gasteiger partial charge in [0.2, 0.25) is 0 Å². The number of hydrogen-bond donors (Lipinski definition) is 2. The number of ether oxygens (including phenoxy) is 2. The maximum absolute atomic E-state index is 13.1. The summed E-state index contributed by atoms with van der Waals surface area (Å²) in [4.78, 5) is 42.8. The van der Waals surface area contributed by atoms with E-state index in [1.54, 1.807) is 31.2 Å². The van der Waals surface area contributed by atoms with Crippen molar-refractivity contribution in [2.45, 2.75) is 33.1 Å². The van der Waals surface area contributed by atoms with Gasteiger partial charge in [0, 0.05) is 29.3 Å². The van der Waals surface area contributed by atoms with Crippen LogP contribution < -0.4 is 5.32 Å². The van der Waals surface area contributed by atoms with Crippen LogP contribution in [0.1, 0.15) is 48.3 Å². The predicted octanol–water partition coefficient (Wildman–Crippen LogP) is 5.12. The molecule has 35 heavy (non-hydrogen) atoms. The molecular weight excluding hydrogens is 446 g/mol. The van der Waals surface area contributed by atoms with E-state index < -0.39 is 5.97 Å². The monoisotopic (exact) mass is 475 g/mol. The third-order valence-corrected chi connectivity index (χ3v) is 5.83. The number of fused-ring (bicyclic) bond motifs is 3. The lowest BCUT2D eigenvalue weighted by Crippen LogP contribution is -2.32. The molecule has 8 nitrogen and oxygen atoms in total. The molecule has 0 aliphatic carbocycles. The molecule has 0 fully saturated rings. The number of unbranched alkanes of at least 4 members (excludes halogenated alkanes) is 1. The number of urea groups is 1. The molecule has 2 amide bonds. The van der Waals surface area contributed by atoms with Crippen molar-refractivity contribution >= 4 is 40.1 Å². The molecule has 1 aliphatic rings. The van der Waals surface area contributed by atoms with Crippen molar-refractivity contribution in [2.75, 3.05) is 25.1 Å². The van der Waals surface area contributed by atoms with E-state index in [1.807, 2.05) is 31.2 Å². The predicted molar refractivity (Wildman–Crippen MR) is 134 cm³/mol. The summed E-state index contributed by atoms with van der Waals surface area (Å²) < 4.78 is 10.5. The number of aromatic amines is 1. The second kappa shape index (κ2) is 10.9. The summed E-state index contributed by atoms with van der Waals surface area (Å²) in [6, 6.07) is 14.0. The van der Waals surface area contributed by atoms with Crippen LogP contribution in [0.15, 0.2) is 54.7 Å². The Kier molecular flexibility index (Phi) is 7.50.